The summed E-state index contributed by atoms with van der Waals surface area (Å²) in [7, 11) is -1.91. The normalized spacial score (nSPS) is 15.5. The fourth-order valence-electron chi connectivity index (χ4n) is 3.62. The van der Waals surface area contributed by atoms with Crippen LogP contribution in [0.5, 0.6) is 5.88 Å². The van der Waals surface area contributed by atoms with E-state index in [1.54, 1.807) is 27.0 Å². The van der Waals surface area contributed by atoms with E-state index in [0.717, 1.165) is 16.8 Å². The molecule has 0 saturated carbocycles. The van der Waals surface area contributed by atoms with Gasteiger partial charge in [-0.05, 0) is 63.5 Å². The number of pyridine rings is 2. The molecule has 8 nitrogen and oxygen atoms in total. The smallest absolute Gasteiger partial charge is 0.412 e. The Morgan fingerprint density at radius 1 is 1.13 bits per heavy atom. The second-order valence-corrected chi connectivity index (χ2v) is 17.2. The number of rotatable bonds is 9. The summed E-state index contributed by atoms with van der Waals surface area (Å²) < 4.78 is 37.1. The molecule has 3 heterocycles. The Morgan fingerprint density at radius 3 is 2.37 bits per heavy atom. The predicted molar refractivity (Wildman–Crippen MR) is 149 cm³/mol. The van der Waals surface area contributed by atoms with Gasteiger partial charge in [0.2, 0.25) is 5.88 Å². The van der Waals surface area contributed by atoms with Crippen molar-refractivity contribution in [3.63, 3.8) is 0 Å². The number of hydrogen-bond acceptors (Lipinski definition) is 7. The molecule has 1 aliphatic rings. The van der Waals surface area contributed by atoms with E-state index in [0.29, 0.717) is 30.5 Å². The number of alkyl halides is 1. The van der Waals surface area contributed by atoms with Crippen LogP contribution in [0.1, 0.15) is 52.9 Å². The molecule has 0 bridgehead atoms. The molecule has 2 aromatic heterocycles. The van der Waals surface area contributed by atoms with Crippen molar-refractivity contribution >= 4 is 20.1 Å². The molecule has 38 heavy (non-hydrogen) atoms. The van der Waals surface area contributed by atoms with E-state index in [1.165, 1.54) is 0 Å². The van der Waals surface area contributed by atoms with Crippen LogP contribution >= 0.6 is 0 Å². The molecule has 1 amide bonds. The van der Waals surface area contributed by atoms with Gasteiger partial charge in [0, 0.05) is 17.3 Å². The van der Waals surface area contributed by atoms with Crippen LogP contribution in [-0.4, -0.2) is 63.1 Å². The first kappa shape index (κ1) is 30.0. The first-order valence-electron chi connectivity index (χ1n) is 13.0. The van der Waals surface area contributed by atoms with Crippen LogP contribution in [0.2, 0.25) is 18.1 Å². The van der Waals surface area contributed by atoms with Gasteiger partial charge in [-0.1, -0.05) is 20.8 Å². The quantitative estimate of drug-likeness (QED) is 0.285. The number of carbonyl (C=O) groups excluding carboxylic acids is 1. The third-order valence-electron chi connectivity index (χ3n) is 7.00. The fraction of sp³-hybridized carbons (Fsp3) is 0.607. The second kappa shape index (κ2) is 11.3. The lowest BCUT2D eigenvalue weighted by Gasteiger charge is -2.38. The van der Waals surface area contributed by atoms with E-state index in [4.69, 9.17) is 18.6 Å². The van der Waals surface area contributed by atoms with Gasteiger partial charge in [-0.3, -0.25) is 10.3 Å². The summed E-state index contributed by atoms with van der Waals surface area (Å²) >= 11 is 0. The third kappa shape index (κ3) is 7.30. The van der Waals surface area contributed by atoms with Gasteiger partial charge >= 0.3 is 6.09 Å². The number of halogens is 1. The molecule has 0 aliphatic carbocycles. The lowest BCUT2D eigenvalue weighted by Crippen LogP contribution is -2.49. The number of hydrogen-bond donors (Lipinski definition) is 1. The van der Waals surface area contributed by atoms with Crippen LogP contribution in [0.25, 0.3) is 11.1 Å². The Balaban J connectivity index is 1.88. The van der Waals surface area contributed by atoms with Crippen LogP contribution in [0, 0.1) is 6.92 Å². The molecular formula is C28H42FN3O5Si. The maximum absolute atomic E-state index is 14.2. The van der Waals surface area contributed by atoms with Gasteiger partial charge in [-0.2, -0.15) is 0 Å². The van der Waals surface area contributed by atoms with Gasteiger partial charge < -0.3 is 18.6 Å². The Kier molecular flexibility index (Phi) is 8.90. The Bertz CT molecular complexity index is 1130. The summed E-state index contributed by atoms with van der Waals surface area (Å²) in [5, 5.41) is 2.83. The summed E-state index contributed by atoms with van der Waals surface area (Å²) in [6.07, 6.45) is 1.00. The van der Waals surface area contributed by atoms with Crippen molar-refractivity contribution in [1.82, 2.24) is 9.97 Å². The van der Waals surface area contributed by atoms with Crippen LogP contribution in [0.3, 0.4) is 0 Å². The Hall–Kier alpha value is -2.56. The largest absolute Gasteiger partial charge is 0.475 e. The molecule has 0 radical (unpaired) electrons. The molecule has 0 spiro atoms. The number of aromatic nitrogens is 2. The molecule has 3 rings (SSSR count). The molecule has 1 aliphatic heterocycles. The average Bonchev–Trinajstić information content (AvgIpc) is 2.75. The maximum atomic E-state index is 14.2. The van der Waals surface area contributed by atoms with Crippen LogP contribution in [0.15, 0.2) is 24.4 Å². The SMILES string of the molecule is Cc1ncc(NC(=O)OC(C)(C)C)cc1-c1cc(OCCO[Si](C)(C)C(C)(C)C)nc(C2(CF)COC2)c1. The monoisotopic (exact) mass is 547 g/mol. The second-order valence-electron chi connectivity index (χ2n) is 12.4. The highest BCUT2D eigenvalue weighted by molar-refractivity contribution is 6.74. The first-order chi connectivity index (χ1) is 17.6. The summed E-state index contributed by atoms with van der Waals surface area (Å²) in [6.45, 7) is 18.9. The zero-order chi connectivity index (χ0) is 28.4. The van der Waals surface area contributed by atoms with Crippen molar-refractivity contribution in [2.75, 3.05) is 38.4 Å². The van der Waals surface area contributed by atoms with Crippen LogP contribution in [-0.2, 0) is 19.3 Å². The van der Waals surface area contributed by atoms with Gasteiger partial charge in [0.05, 0.1) is 42.8 Å². The molecule has 1 N–H and O–H groups in total. The van der Waals surface area contributed by atoms with E-state index in [2.05, 4.69) is 49.1 Å². The minimum atomic E-state index is -1.91. The molecule has 210 valence electrons. The minimum absolute atomic E-state index is 0.0962. The Labute approximate surface area is 226 Å². The first-order valence-corrected chi connectivity index (χ1v) is 15.9. The lowest BCUT2D eigenvalue weighted by atomic mass is 9.82. The van der Waals surface area contributed by atoms with Gasteiger partial charge in [-0.15, -0.1) is 0 Å². The lowest BCUT2D eigenvalue weighted by molar-refractivity contribution is -0.0728. The van der Waals surface area contributed by atoms with Crippen molar-refractivity contribution < 1.29 is 27.8 Å². The zero-order valence-electron chi connectivity index (χ0n) is 24.2. The van der Waals surface area contributed by atoms with Crippen molar-refractivity contribution in [1.29, 1.82) is 0 Å². The minimum Gasteiger partial charge on any atom is -0.475 e. The maximum Gasteiger partial charge on any atom is 0.412 e. The topological polar surface area (TPSA) is 91.8 Å². The van der Waals surface area contributed by atoms with Gasteiger partial charge in [0.1, 0.15) is 18.9 Å². The van der Waals surface area contributed by atoms with E-state index < -0.39 is 32.1 Å². The average molecular weight is 548 g/mol. The Morgan fingerprint density at radius 2 is 1.82 bits per heavy atom. The van der Waals surface area contributed by atoms with Crippen molar-refractivity contribution in [3.8, 4) is 17.0 Å². The molecule has 2 aromatic rings. The number of anilines is 1. The summed E-state index contributed by atoms with van der Waals surface area (Å²) in [5.74, 6) is 0.376. The van der Waals surface area contributed by atoms with Gasteiger partial charge in [-0.25, -0.2) is 14.2 Å². The summed E-state index contributed by atoms with van der Waals surface area (Å²) in [5.41, 5.74) is 1.87. The standard InChI is InChI=1S/C28H42FN3O5Si/c1-19-22(14-21(15-30-19)31-25(33)37-26(2,3)4)20-12-23(28(16-29)17-34-18-28)32-24(13-20)35-10-11-36-38(8,9)27(5,6)7/h12-15H,10-11,16-18H2,1-9H3,(H,31,33). The summed E-state index contributed by atoms with van der Waals surface area (Å²) in [6, 6.07) is 5.47. The molecule has 0 unspecified atom stereocenters. The van der Waals surface area contributed by atoms with E-state index in [1.807, 2.05) is 25.1 Å². The third-order valence-corrected chi connectivity index (χ3v) is 11.5. The molecule has 0 atom stereocenters. The molecule has 10 heteroatoms. The van der Waals surface area contributed by atoms with E-state index in [-0.39, 0.29) is 18.3 Å². The predicted octanol–water partition coefficient (Wildman–Crippen LogP) is 6.44. The highest BCUT2D eigenvalue weighted by Crippen LogP contribution is 2.38. The molecule has 0 aromatic carbocycles. The van der Waals surface area contributed by atoms with Crippen molar-refractivity contribution in [2.24, 2.45) is 0 Å². The number of ether oxygens (including phenoxy) is 3. The van der Waals surface area contributed by atoms with E-state index >= 15 is 0 Å². The summed E-state index contributed by atoms with van der Waals surface area (Å²) in [4.78, 5) is 21.4. The highest BCUT2D eigenvalue weighted by atomic mass is 28.4. The van der Waals surface area contributed by atoms with Crippen molar-refractivity contribution in [3.05, 3.63) is 35.8 Å². The number of aryl methyl sites for hydroxylation is 1. The number of carbonyl (C=O) groups is 1. The fourth-order valence-corrected chi connectivity index (χ4v) is 4.65. The zero-order valence-corrected chi connectivity index (χ0v) is 25.2. The number of amides is 1. The van der Waals surface area contributed by atoms with Crippen LogP contribution < -0.4 is 10.1 Å². The number of nitrogens with zero attached hydrogens (tertiary/aromatic N) is 2. The van der Waals surface area contributed by atoms with Gasteiger partial charge in [0.25, 0.3) is 0 Å². The van der Waals surface area contributed by atoms with Crippen molar-refractivity contribution in [2.45, 2.75) is 77.6 Å². The molecule has 1 saturated heterocycles. The molecular weight excluding hydrogens is 505 g/mol. The highest BCUT2D eigenvalue weighted by Gasteiger charge is 2.43. The van der Waals surface area contributed by atoms with E-state index in [9.17, 15) is 9.18 Å². The van der Waals surface area contributed by atoms with Gasteiger partial charge in [0.15, 0.2) is 8.32 Å². The van der Waals surface area contributed by atoms with Crippen LogP contribution in [0.4, 0.5) is 14.9 Å². The number of nitrogens with one attached hydrogen (secondary N) is 1. The molecule has 1 fully saturated rings.